The lowest BCUT2D eigenvalue weighted by Crippen LogP contribution is -2.46. The minimum atomic E-state index is -4.83. The van der Waals surface area contributed by atoms with Crippen molar-refractivity contribution < 1.29 is 35.9 Å². The number of nitrogens with one attached hydrogen (secondary N) is 1. The number of hydrogen-bond donors (Lipinski definition) is 2. The van der Waals surface area contributed by atoms with Crippen molar-refractivity contribution in [2.75, 3.05) is 9.62 Å². The molecule has 200 valence electrons. The van der Waals surface area contributed by atoms with Gasteiger partial charge in [-0.1, -0.05) is 18.6 Å². The van der Waals surface area contributed by atoms with Crippen molar-refractivity contribution in [2.24, 2.45) is 5.73 Å². The van der Waals surface area contributed by atoms with Gasteiger partial charge in [-0.2, -0.15) is 13.2 Å². The molecule has 38 heavy (non-hydrogen) atoms. The second-order valence-corrected chi connectivity index (χ2v) is 10.1. The van der Waals surface area contributed by atoms with Crippen molar-refractivity contribution in [1.29, 1.82) is 0 Å². The molecule has 0 unspecified atom stereocenters. The van der Waals surface area contributed by atoms with Crippen LogP contribution in [0.4, 0.5) is 43.5 Å². The first-order valence-corrected chi connectivity index (χ1v) is 12.2. The molecule has 1 saturated carbocycles. The van der Waals surface area contributed by atoms with Crippen LogP contribution in [-0.2, 0) is 22.9 Å². The predicted octanol–water partition coefficient (Wildman–Crippen LogP) is 6.68. The Morgan fingerprint density at radius 1 is 1.03 bits per heavy atom. The van der Waals surface area contributed by atoms with Gasteiger partial charge in [0.2, 0.25) is 5.91 Å². The van der Waals surface area contributed by atoms with Gasteiger partial charge in [-0.05, 0) is 72.8 Å². The first kappa shape index (κ1) is 26.0. The zero-order chi connectivity index (χ0) is 27.3. The van der Waals surface area contributed by atoms with E-state index < -0.39 is 29.6 Å². The minimum Gasteiger partial charge on any atom is -0.406 e. The SMILES string of the molecule is NC(=O)C1(c2ccc3c(c2)N(Sc2ccc(OC(F)(F)F)cc2)Cc2ccc(C(F)(F)F)nc2N3)CCC1. The number of nitrogens with zero attached hydrogens (tertiary/aromatic N) is 2. The van der Waals surface area contributed by atoms with E-state index in [2.05, 4.69) is 15.0 Å². The van der Waals surface area contributed by atoms with Crippen LogP contribution < -0.4 is 20.1 Å². The molecule has 1 aliphatic heterocycles. The number of anilines is 3. The van der Waals surface area contributed by atoms with E-state index in [1.165, 1.54) is 30.3 Å². The molecule has 1 aliphatic carbocycles. The van der Waals surface area contributed by atoms with Gasteiger partial charge >= 0.3 is 12.5 Å². The van der Waals surface area contributed by atoms with Gasteiger partial charge in [0, 0.05) is 10.5 Å². The molecule has 2 heterocycles. The number of ether oxygens (including phenoxy) is 1. The second kappa shape index (κ2) is 9.29. The number of benzene rings is 2. The van der Waals surface area contributed by atoms with E-state index in [9.17, 15) is 31.1 Å². The number of alkyl halides is 6. The average molecular weight is 555 g/mol. The fourth-order valence-corrected chi connectivity index (χ4v) is 5.47. The Hall–Kier alpha value is -3.61. The number of carbonyl (C=O) groups excluding carboxylic acids is 1. The van der Waals surface area contributed by atoms with Crippen LogP contribution >= 0.6 is 11.9 Å². The van der Waals surface area contributed by atoms with E-state index in [0.29, 0.717) is 40.2 Å². The van der Waals surface area contributed by atoms with Gasteiger partial charge in [-0.25, -0.2) is 4.98 Å². The summed E-state index contributed by atoms with van der Waals surface area (Å²) in [5, 5.41) is 2.98. The van der Waals surface area contributed by atoms with E-state index in [4.69, 9.17) is 5.73 Å². The Bertz CT molecular complexity index is 1370. The normalized spacial score (nSPS) is 16.4. The van der Waals surface area contributed by atoms with Crippen LogP contribution in [0, 0.1) is 0 Å². The summed E-state index contributed by atoms with van der Waals surface area (Å²) in [5.74, 6) is -0.812. The summed E-state index contributed by atoms with van der Waals surface area (Å²) in [7, 11) is 0. The number of nitrogens with two attached hydrogens (primary N) is 1. The molecule has 3 N–H and O–H groups in total. The highest BCUT2D eigenvalue weighted by Gasteiger charge is 2.45. The topological polar surface area (TPSA) is 80.5 Å². The maximum Gasteiger partial charge on any atom is 0.573 e. The summed E-state index contributed by atoms with van der Waals surface area (Å²) in [4.78, 5) is 16.7. The van der Waals surface area contributed by atoms with Crippen LogP contribution in [0.2, 0.25) is 0 Å². The highest BCUT2D eigenvalue weighted by Crippen LogP contribution is 2.48. The van der Waals surface area contributed by atoms with Crippen LogP contribution in [0.5, 0.6) is 5.75 Å². The van der Waals surface area contributed by atoms with Gasteiger partial charge in [0.1, 0.15) is 17.3 Å². The van der Waals surface area contributed by atoms with Gasteiger partial charge in [0.15, 0.2) is 0 Å². The summed E-state index contributed by atoms with van der Waals surface area (Å²) in [6.07, 6.45) is -7.47. The fourth-order valence-electron chi connectivity index (χ4n) is 4.51. The molecule has 1 fully saturated rings. The van der Waals surface area contributed by atoms with Crippen LogP contribution in [0.25, 0.3) is 0 Å². The summed E-state index contributed by atoms with van der Waals surface area (Å²) in [6, 6.07) is 12.6. The molecular formula is C25H20F6N4O2S. The standard InChI is InChI=1S/C25H20F6N4O2S/c26-24(27,28)20-9-2-14-13-35(38-17-6-4-16(5-7-17)37-25(29,30)31)19-12-15(23(22(32)36)10-1-11-23)3-8-18(19)33-21(14)34-20/h2-9,12H,1,10-11,13H2,(H2,32,36)(H,33,34). The first-order chi connectivity index (χ1) is 17.8. The molecule has 0 bridgehead atoms. The number of aromatic nitrogens is 1. The highest BCUT2D eigenvalue weighted by atomic mass is 32.2. The quantitative estimate of drug-likeness (QED) is 0.271. The molecule has 0 saturated heterocycles. The number of carbonyl (C=O) groups is 1. The monoisotopic (exact) mass is 554 g/mol. The molecule has 0 radical (unpaired) electrons. The molecule has 0 atom stereocenters. The predicted molar refractivity (Wildman–Crippen MR) is 129 cm³/mol. The summed E-state index contributed by atoms with van der Waals surface area (Å²) in [6.45, 7) is 0.110. The Morgan fingerprint density at radius 3 is 2.32 bits per heavy atom. The molecule has 6 nitrogen and oxygen atoms in total. The summed E-state index contributed by atoms with van der Waals surface area (Å²) in [5.41, 5.74) is 6.01. The first-order valence-electron chi connectivity index (χ1n) is 11.4. The van der Waals surface area contributed by atoms with Crippen molar-refractivity contribution in [3.63, 3.8) is 0 Å². The summed E-state index contributed by atoms with van der Waals surface area (Å²) < 4.78 is 83.3. The van der Waals surface area contributed by atoms with Crippen molar-refractivity contribution >= 4 is 35.0 Å². The number of pyridine rings is 1. The molecule has 13 heteroatoms. The molecule has 0 spiro atoms. The third kappa shape index (κ3) is 5.06. The maximum atomic E-state index is 13.3. The van der Waals surface area contributed by atoms with Crippen LogP contribution in [0.3, 0.4) is 0 Å². The molecule has 1 aromatic heterocycles. The van der Waals surface area contributed by atoms with Crippen molar-refractivity contribution in [2.45, 2.75) is 48.7 Å². The number of halogens is 6. The zero-order valence-corrected chi connectivity index (χ0v) is 20.3. The molecule has 3 aromatic rings. The van der Waals surface area contributed by atoms with Gasteiger partial charge < -0.3 is 20.1 Å². The Labute approximate surface area is 217 Å². The Kier molecular flexibility index (Phi) is 6.36. The lowest BCUT2D eigenvalue weighted by Gasteiger charge is -2.40. The largest absolute Gasteiger partial charge is 0.573 e. The second-order valence-electron chi connectivity index (χ2n) is 9.01. The molecule has 5 rings (SSSR count). The van der Waals surface area contributed by atoms with E-state index in [1.807, 2.05) is 0 Å². The lowest BCUT2D eigenvalue weighted by atomic mass is 9.64. The van der Waals surface area contributed by atoms with Crippen molar-refractivity contribution in [3.8, 4) is 5.75 Å². The molecule has 2 aromatic carbocycles. The third-order valence-electron chi connectivity index (χ3n) is 6.61. The van der Waals surface area contributed by atoms with Crippen LogP contribution in [-0.4, -0.2) is 17.3 Å². The van der Waals surface area contributed by atoms with Gasteiger partial charge in [0.05, 0.1) is 23.3 Å². The fraction of sp³-hybridized carbons (Fsp3) is 0.280. The highest BCUT2D eigenvalue weighted by molar-refractivity contribution is 8.00. The molecular weight excluding hydrogens is 534 g/mol. The molecule has 2 aliphatic rings. The average Bonchev–Trinajstić information content (AvgIpc) is 2.93. The number of primary amides is 1. The van der Waals surface area contributed by atoms with E-state index in [1.54, 1.807) is 22.5 Å². The Morgan fingerprint density at radius 2 is 1.74 bits per heavy atom. The number of hydrogen-bond acceptors (Lipinski definition) is 6. The number of rotatable bonds is 5. The van der Waals surface area contributed by atoms with Crippen molar-refractivity contribution in [3.05, 3.63) is 71.4 Å². The van der Waals surface area contributed by atoms with Gasteiger partial charge in [0.25, 0.3) is 0 Å². The smallest absolute Gasteiger partial charge is 0.406 e. The molecule has 1 amide bonds. The van der Waals surface area contributed by atoms with E-state index >= 15 is 0 Å². The van der Waals surface area contributed by atoms with Gasteiger partial charge in [-0.15, -0.1) is 13.2 Å². The van der Waals surface area contributed by atoms with Gasteiger partial charge in [-0.3, -0.25) is 4.79 Å². The lowest BCUT2D eigenvalue weighted by molar-refractivity contribution is -0.274. The Balaban J connectivity index is 1.54. The van der Waals surface area contributed by atoms with Crippen LogP contribution in [0.1, 0.15) is 36.1 Å². The zero-order valence-electron chi connectivity index (χ0n) is 19.5. The minimum absolute atomic E-state index is 0.0270. The number of amides is 1. The number of fused-ring (bicyclic) bond motifs is 2. The van der Waals surface area contributed by atoms with Crippen LogP contribution in [0.15, 0.2) is 59.5 Å². The van der Waals surface area contributed by atoms with E-state index in [-0.39, 0.29) is 18.1 Å². The summed E-state index contributed by atoms with van der Waals surface area (Å²) >= 11 is 1.16. The van der Waals surface area contributed by atoms with Crippen molar-refractivity contribution in [1.82, 2.24) is 4.98 Å². The maximum absolute atomic E-state index is 13.3. The van der Waals surface area contributed by atoms with E-state index in [0.717, 1.165) is 24.4 Å². The third-order valence-corrected chi connectivity index (χ3v) is 7.64.